The first kappa shape index (κ1) is 17.9. The molecule has 0 aromatic heterocycles. The fourth-order valence-electron chi connectivity index (χ4n) is 2.44. The topological polar surface area (TPSA) is 75.5 Å². The Labute approximate surface area is 145 Å². The summed E-state index contributed by atoms with van der Waals surface area (Å²) >= 11 is 5.85. The van der Waals surface area contributed by atoms with E-state index in [1.807, 2.05) is 49.3 Å². The maximum Gasteiger partial charge on any atom is 0.300 e. The molecule has 0 saturated heterocycles. The third-order valence-corrected chi connectivity index (χ3v) is 3.98. The van der Waals surface area contributed by atoms with Crippen molar-refractivity contribution in [2.75, 3.05) is 20.6 Å². The highest BCUT2D eigenvalue weighted by Gasteiger charge is 2.24. The summed E-state index contributed by atoms with van der Waals surface area (Å²) in [6, 6.07) is 14.0. The lowest BCUT2D eigenvalue weighted by Gasteiger charge is -2.25. The van der Waals surface area contributed by atoms with Gasteiger partial charge in [0.25, 0.3) is 5.91 Å². The van der Waals surface area contributed by atoms with Gasteiger partial charge in [-0.1, -0.05) is 48.0 Å². The quantitative estimate of drug-likeness (QED) is 0.642. The maximum atomic E-state index is 12.4. The summed E-state index contributed by atoms with van der Waals surface area (Å²) in [7, 11) is 3.82. The van der Waals surface area contributed by atoms with Crippen LogP contribution in [0.3, 0.4) is 0 Å². The van der Waals surface area contributed by atoms with E-state index in [2.05, 4.69) is 5.32 Å². The fraction of sp³-hybridized carbons (Fsp3) is 0.235. The molecule has 126 valence electrons. The van der Waals surface area contributed by atoms with E-state index in [4.69, 9.17) is 11.6 Å². The van der Waals surface area contributed by atoms with Crippen LogP contribution in [-0.4, -0.2) is 36.4 Å². The molecule has 0 radical (unpaired) electrons. The second-order valence-corrected chi connectivity index (χ2v) is 5.90. The minimum atomic E-state index is -0.641. The summed E-state index contributed by atoms with van der Waals surface area (Å²) in [5.41, 5.74) is 0.624. The first-order valence-electron chi connectivity index (χ1n) is 7.34. The van der Waals surface area contributed by atoms with E-state index in [1.54, 1.807) is 0 Å². The molecule has 0 aliphatic carbocycles. The van der Waals surface area contributed by atoms with Gasteiger partial charge in [-0.05, 0) is 31.8 Å². The number of para-hydroxylation sites is 1. The van der Waals surface area contributed by atoms with E-state index in [9.17, 15) is 14.9 Å². The molecule has 2 aromatic rings. The summed E-state index contributed by atoms with van der Waals surface area (Å²) in [6.07, 6.45) is 0. The van der Waals surface area contributed by atoms with Crippen LogP contribution in [0, 0.1) is 10.1 Å². The van der Waals surface area contributed by atoms with E-state index in [-0.39, 0.29) is 22.3 Å². The molecule has 0 spiro atoms. The lowest BCUT2D eigenvalue weighted by molar-refractivity contribution is -0.385. The predicted octanol–water partition coefficient (Wildman–Crippen LogP) is 3.28. The third-order valence-electron chi connectivity index (χ3n) is 3.68. The molecule has 0 unspecified atom stereocenters. The molecule has 1 atom stereocenters. The Morgan fingerprint density at radius 2 is 1.88 bits per heavy atom. The molecular weight excluding hydrogens is 330 g/mol. The van der Waals surface area contributed by atoms with Crippen molar-refractivity contribution in [3.63, 3.8) is 0 Å². The average Bonchev–Trinajstić information content (AvgIpc) is 2.55. The Morgan fingerprint density at radius 3 is 2.46 bits per heavy atom. The molecule has 24 heavy (non-hydrogen) atoms. The Hall–Kier alpha value is -2.44. The normalized spacial score (nSPS) is 12.0. The van der Waals surface area contributed by atoms with E-state index in [0.29, 0.717) is 6.54 Å². The zero-order valence-corrected chi connectivity index (χ0v) is 14.2. The Bertz CT molecular complexity index is 735. The van der Waals surface area contributed by atoms with Crippen molar-refractivity contribution in [1.29, 1.82) is 0 Å². The Morgan fingerprint density at radius 1 is 1.21 bits per heavy atom. The SMILES string of the molecule is CN(C)[C@@H](CNC(=O)c1cccc(Cl)c1[N+](=O)[O-])c1ccccc1. The van der Waals surface area contributed by atoms with Gasteiger partial charge in [-0.3, -0.25) is 14.9 Å². The summed E-state index contributed by atoms with van der Waals surface area (Å²) in [6.45, 7) is 0.319. The van der Waals surface area contributed by atoms with Gasteiger partial charge in [-0.15, -0.1) is 0 Å². The van der Waals surface area contributed by atoms with Crippen molar-refractivity contribution in [2.45, 2.75) is 6.04 Å². The number of nitro benzene ring substituents is 1. The molecular formula is C17H18ClN3O3. The minimum absolute atomic E-state index is 0.0435. The van der Waals surface area contributed by atoms with Crippen LogP contribution in [0.4, 0.5) is 5.69 Å². The van der Waals surface area contributed by atoms with Gasteiger partial charge in [0.1, 0.15) is 10.6 Å². The molecule has 0 aliphatic rings. The number of carbonyl (C=O) groups is 1. The Kier molecular flexibility index (Phi) is 5.89. The number of carbonyl (C=O) groups excluding carboxylic acids is 1. The van der Waals surface area contributed by atoms with Gasteiger partial charge in [0, 0.05) is 6.54 Å². The largest absolute Gasteiger partial charge is 0.350 e. The van der Waals surface area contributed by atoms with Crippen molar-refractivity contribution >= 4 is 23.2 Å². The monoisotopic (exact) mass is 347 g/mol. The summed E-state index contributed by atoms with van der Waals surface area (Å²) in [4.78, 5) is 24.9. The third kappa shape index (κ3) is 4.10. The van der Waals surface area contributed by atoms with Gasteiger partial charge >= 0.3 is 5.69 Å². The number of benzene rings is 2. The molecule has 0 saturated carbocycles. The van der Waals surface area contributed by atoms with E-state index in [1.165, 1.54) is 18.2 Å². The van der Waals surface area contributed by atoms with Gasteiger partial charge in [-0.25, -0.2) is 0 Å². The number of halogens is 1. The lowest BCUT2D eigenvalue weighted by Crippen LogP contribution is -2.34. The fourth-order valence-corrected chi connectivity index (χ4v) is 2.69. The predicted molar refractivity (Wildman–Crippen MR) is 93.3 cm³/mol. The van der Waals surface area contributed by atoms with Crippen LogP contribution in [0.1, 0.15) is 22.0 Å². The van der Waals surface area contributed by atoms with Crippen LogP contribution < -0.4 is 5.32 Å². The van der Waals surface area contributed by atoms with Crippen LogP contribution in [-0.2, 0) is 0 Å². The van der Waals surface area contributed by atoms with Crippen LogP contribution in [0.2, 0.25) is 5.02 Å². The smallest absolute Gasteiger partial charge is 0.300 e. The van der Waals surface area contributed by atoms with Gasteiger partial charge in [0.15, 0.2) is 0 Å². The van der Waals surface area contributed by atoms with Gasteiger partial charge in [0.2, 0.25) is 0 Å². The van der Waals surface area contributed by atoms with Crippen molar-refractivity contribution in [2.24, 2.45) is 0 Å². The highest BCUT2D eigenvalue weighted by Crippen LogP contribution is 2.28. The van der Waals surface area contributed by atoms with Gasteiger partial charge < -0.3 is 10.2 Å². The van der Waals surface area contributed by atoms with E-state index >= 15 is 0 Å². The molecule has 0 fully saturated rings. The molecule has 2 rings (SSSR count). The number of hydrogen-bond acceptors (Lipinski definition) is 4. The first-order valence-corrected chi connectivity index (χ1v) is 7.72. The molecule has 1 N–H and O–H groups in total. The molecule has 2 aromatic carbocycles. The van der Waals surface area contributed by atoms with Crippen molar-refractivity contribution in [1.82, 2.24) is 10.2 Å². The number of likely N-dealkylation sites (N-methyl/N-ethyl adjacent to an activating group) is 1. The zero-order chi connectivity index (χ0) is 17.7. The molecule has 0 heterocycles. The molecule has 6 nitrogen and oxygen atoms in total. The Balaban J connectivity index is 2.18. The molecule has 0 bridgehead atoms. The summed E-state index contributed by atoms with van der Waals surface area (Å²) in [5, 5.41) is 13.8. The number of rotatable bonds is 6. The van der Waals surface area contributed by atoms with Crippen molar-refractivity contribution < 1.29 is 9.72 Å². The number of hydrogen-bond donors (Lipinski definition) is 1. The minimum Gasteiger partial charge on any atom is -0.350 e. The number of nitrogens with one attached hydrogen (secondary N) is 1. The molecule has 7 heteroatoms. The van der Waals surface area contributed by atoms with Gasteiger partial charge in [-0.2, -0.15) is 0 Å². The van der Waals surface area contributed by atoms with Gasteiger partial charge in [0.05, 0.1) is 11.0 Å². The second kappa shape index (κ2) is 7.90. The maximum absolute atomic E-state index is 12.4. The van der Waals surface area contributed by atoms with Crippen LogP contribution in [0.15, 0.2) is 48.5 Å². The van der Waals surface area contributed by atoms with Crippen LogP contribution in [0.25, 0.3) is 0 Å². The highest BCUT2D eigenvalue weighted by molar-refractivity contribution is 6.33. The molecule has 0 aliphatic heterocycles. The molecule has 1 amide bonds. The number of nitrogens with zero attached hydrogens (tertiary/aromatic N) is 2. The van der Waals surface area contributed by atoms with Crippen molar-refractivity contribution in [3.05, 3.63) is 74.8 Å². The zero-order valence-electron chi connectivity index (χ0n) is 13.4. The lowest BCUT2D eigenvalue weighted by atomic mass is 10.1. The number of amides is 1. The standard InChI is InChI=1S/C17H18ClN3O3/c1-20(2)15(12-7-4-3-5-8-12)11-19-17(22)13-9-6-10-14(18)16(13)21(23)24/h3-10,15H,11H2,1-2H3,(H,19,22)/t15-/m0/s1. The van der Waals surface area contributed by atoms with Crippen molar-refractivity contribution in [3.8, 4) is 0 Å². The summed E-state index contributed by atoms with van der Waals surface area (Å²) < 4.78 is 0. The van der Waals surface area contributed by atoms with Crippen LogP contribution >= 0.6 is 11.6 Å². The highest BCUT2D eigenvalue weighted by atomic mass is 35.5. The second-order valence-electron chi connectivity index (χ2n) is 5.49. The first-order chi connectivity index (χ1) is 11.4. The average molecular weight is 348 g/mol. The van der Waals surface area contributed by atoms with E-state index in [0.717, 1.165) is 5.56 Å². The summed E-state index contributed by atoms with van der Waals surface area (Å²) in [5.74, 6) is -0.521. The van der Waals surface area contributed by atoms with Crippen LogP contribution in [0.5, 0.6) is 0 Å². The van der Waals surface area contributed by atoms with E-state index < -0.39 is 10.8 Å². The number of nitro groups is 1.